The number of ether oxygens (including phenoxy) is 1. The molecule has 1 aromatic carbocycles. The van der Waals surface area contributed by atoms with Crippen LogP contribution in [0.2, 0.25) is 0 Å². The smallest absolute Gasteiger partial charge is 0.354 e. The number of nitrogens with zero attached hydrogens (tertiary/aromatic N) is 1. The number of pyridine rings is 1. The Labute approximate surface area is 105 Å². The van der Waals surface area contributed by atoms with Crippen LogP contribution in [0.1, 0.15) is 16.2 Å². The molecule has 4 heteroatoms. The second-order valence-electron chi connectivity index (χ2n) is 3.73. The lowest BCUT2D eigenvalue weighted by Gasteiger charge is -2.05. The van der Waals surface area contributed by atoms with E-state index in [0.29, 0.717) is 18.7 Å². The van der Waals surface area contributed by atoms with Crippen LogP contribution in [0.15, 0.2) is 48.5 Å². The molecule has 0 spiro atoms. The summed E-state index contributed by atoms with van der Waals surface area (Å²) >= 11 is 0. The minimum Gasteiger partial charge on any atom is -0.493 e. The first-order chi connectivity index (χ1) is 8.75. The fourth-order valence-electron chi connectivity index (χ4n) is 1.53. The van der Waals surface area contributed by atoms with Crippen LogP contribution in [0, 0.1) is 0 Å². The summed E-state index contributed by atoms with van der Waals surface area (Å²) in [7, 11) is 0. The molecule has 0 atom stereocenters. The van der Waals surface area contributed by atoms with E-state index < -0.39 is 5.97 Å². The van der Waals surface area contributed by atoms with Crippen LogP contribution in [0.3, 0.4) is 0 Å². The van der Waals surface area contributed by atoms with Gasteiger partial charge in [0, 0.05) is 12.1 Å². The summed E-state index contributed by atoms with van der Waals surface area (Å²) in [5.41, 5.74) is 0.776. The zero-order valence-electron chi connectivity index (χ0n) is 9.74. The van der Waals surface area contributed by atoms with E-state index in [2.05, 4.69) is 4.98 Å². The van der Waals surface area contributed by atoms with E-state index in [1.165, 1.54) is 6.07 Å². The maximum Gasteiger partial charge on any atom is 0.354 e. The van der Waals surface area contributed by atoms with Crippen molar-refractivity contribution in [3.8, 4) is 5.75 Å². The van der Waals surface area contributed by atoms with Gasteiger partial charge in [0.2, 0.25) is 0 Å². The number of rotatable bonds is 5. The standard InChI is InChI=1S/C14H13NO3/c16-14(17)13-8-4-5-11(15-13)9-10-18-12-6-2-1-3-7-12/h1-8H,9-10H2,(H,16,17). The van der Waals surface area contributed by atoms with Crippen LogP contribution >= 0.6 is 0 Å². The molecular weight excluding hydrogens is 230 g/mol. The van der Waals surface area contributed by atoms with E-state index in [9.17, 15) is 4.79 Å². The summed E-state index contributed by atoms with van der Waals surface area (Å²) in [4.78, 5) is 14.8. The monoisotopic (exact) mass is 243 g/mol. The number of carboxylic acid groups (broad SMARTS) is 1. The fourth-order valence-corrected chi connectivity index (χ4v) is 1.53. The minimum absolute atomic E-state index is 0.0622. The summed E-state index contributed by atoms with van der Waals surface area (Å²) in [6, 6.07) is 14.4. The average Bonchev–Trinajstić information content (AvgIpc) is 2.40. The van der Waals surface area contributed by atoms with Gasteiger partial charge in [-0.05, 0) is 24.3 Å². The second kappa shape index (κ2) is 5.82. The topological polar surface area (TPSA) is 59.4 Å². The number of carboxylic acids is 1. The largest absolute Gasteiger partial charge is 0.493 e. The predicted octanol–water partition coefficient (Wildman–Crippen LogP) is 2.40. The van der Waals surface area contributed by atoms with Crippen molar-refractivity contribution in [2.75, 3.05) is 6.61 Å². The first-order valence-corrected chi connectivity index (χ1v) is 5.63. The van der Waals surface area contributed by atoms with Gasteiger partial charge in [0.15, 0.2) is 0 Å². The van der Waals surface area contributed by atoms with Crippen LogP contribution in [-0.4, -0.2) is 22.7 Å². The van der Waals surface area contributed by atoms with Crippen LogP contribution in [0.25, 0.3) is 0 Å². The molecule has 1 aromatic heterocycles. The van der Waals surface area contributed by atoms with Crippen molar-refractivity contribution in [2.45, 2.75) is 6.42 Å². The Balaban J connectivity index is 1.90. The number of benzene rings is 1. The highest BCUT2D eigenvalue weighted by molar-refractivity contribution is 5.85. The zero-order chi connectivity index (χ0) is 12.8. The molecule has 2 aromatic rings. The highest BCUT2D eigenvalue weighted by Gasteiger charge is 2.04. The van der Waals surface area contributed by atoms with Gasteiger partial charge < -0.3 is 9.84 Å². The molecule has 0 aliphatic heterocycles. The van der Waals surface area contributed by atoms with Crippen molar-refractivity contribution in [3.05, 3.63) is 59.9 Å². The maximum absolute atomic E-state index is 10.8. The predicted molar refractivity (Wildman–Crippen MR) is 66.8 cm³/mol. The van der Waals surface area contributed by atoms with Gasteiger partial charge in [-0.25, -0.2) is 9.78 Å². The van der Waals surface area contributed by atoms with Crippen molar-refractivity contribution < 1.29 is 14.6 Å². The lowest BCUT2D eigenvalue weighted by atomic mass is 10.2. The Morgan fingerprint density at radius 3 is 2.61 bits per heavy atom. The Kier molecular flexibility index (Phi) is 3.91. The molecule has 0 radical (unpaired) electrons. The minimum atomic E-state index is -1.01. The van der Waals surface area contributed by atoms with Gasteiger partial charge in [0.25, 0.3) is 0 Å². The number of hydrogen-bond acceptors (Lipinski definition) is 3. The highest BCUT2D eigenvalue weighted by Crippen LogP contribution is 2.09. The lowest BCUT2D eigenvalue weighted by molar-refractivity contribution is 0.0690. The lowest BCUT2D eigenvalue weighted by Crippen LogP contribution is -2.06. The summed E-state index contributed by atoms with van der Waals surface area (Å²) in [6.07, 6.45) is 0.579. The molecule has 0 saturated heterocycles. The Bertz CT molecular complexity index is 526. The first kappa shape index (κ1) is 12.1. The molecule has 2 rings (SSSR count). The molecule has 0 fully saturated rings. The zero-order valence-corrected chi connectivity index (χ0v) is 9.74. The SMILES string of the molecule is O=C(O)c1cccc(CCOc2ccccc2)n1. The molecule has 0 amide bonds. The van der Waals surface area contributed by atoms with Crippen molar-refractivity contribution in [1.29, 1.82) is 0 Å². The number of hydrogen-bond donors (Lipinski definition) is 1. The molecule has 1 N–H and O–H groups in total. The molecule has 0 unspecified atom stereocenters. The van der Waals surface area contributed by atoms with Gasteiger partial charge in [-0.15, -0.1) is 0 Å². The van der Waals surface area contributed by atoms with Gasteiger partial charge in [0.1, 0.15) is 11.4 Å². The van der Waals surface area contributed by atoms with E-state index in [1.54, 1.807) is 12.1 Å². The van der Waals surface area contributed by atoms with E-state index in [-0.39, 0.29) is 5.69 Å². The molecule has 0 aliphatic carbocycles. The van der Waals surface area contributed by atoms with E-state index in [4.69, 9.17) is 9.84 Å². The number of carbonyl (C=O) groups is 1. The van der Waals surface area contributed by atoms with Crippen LogP contribution in [0.5, 0.6) is 5.75 Å². The normalized spacial score (nSPS) is 10.0. The van der Waals surface area contributed by atoms with Gasteiger partial charge in [-0.2, -0.15) is 0 Å². The van der Waals surface area contributed by atoms with Gasteiger partial charge >= 0.3 is 5.97 Å². The van der Waals surface area contributed by atoms with Crippen molar-refractivity contribution in [3.63, 3.8) is 0 Å². The summed E-state index contributed by atoms with van der Waals surface area (Å²) in [5.74, 6) is -0.215. The van der Waals surface area contributed by atoms with Crippen LogP contribution < -0.4 is 4.74 Å². The molecule has 4 nitrogen and oxygen atoms in total. The fraction of sp³-hybridized carbons (Fsp3) is 0.143. The summed E-state index contributed by atoms with van der Waals surface area (Å²) in [5, 5.41) is 8.82. The Hall–Kier alpha value is -2.36. The van der Waals surface area contributed by atoms with Crippen molar-refractivity contribution >= 4 is 5.97 Å². The van der Waals surface area contributed by atoms with Gasteiger partial charge in [0.05, 0.1) is 6.61 Å². The van der Waals surface area contributed by atoms with Crippen molar-refractivity contribution in [1.82, 2.24) is 4.98 Å². The van der Waals surface area contributed by atoms with Crippen LogP contribution in [0.4, 0.5) is 0 Å². The van der Waals surface area contributed by atoms with Crippen LogP contribution in [-0.2, 0) is 6.42 Å². The quantitative estimate of drug-likeness (QED) is 0.876. The molecular formula is C14H13NO3. The number of aromatic carboxylic acids is 1. The molecule has 1 heterocycles. The maximum atomic E-state index is 10.8. The Morgan fingerprint density at radius 2 is 1.89 bits per heavy atom. The van der Waals surface area contributed by atoms with E-state index in [1.807, 2.05) is 30.3 Å². The summed E-state index contributed by atoms with van der Waals surface area (Å²) in [6.45, 7) is 0.472. The summed E-state index contributed by atoms with van der Waals surface area (Å²) < 4.78 is 5.52. The van der Waals surface area contributed by atoms with Crippen molar-refractivity contribution in [2.24, 2.45) is 0 Å². The number of aromatic nitrogens is 1. The molecule has 92 valence electrons. The third kappa shape index (κ3) is 3.31. The molecule has 0 aliphatic rings. The molecule has 0 saturated carbocycles. The molecule has 18 heavy (non-hydrogen) atoms. The number of para-hydroxylation sites is 1. The third-order valence-electron chi connectivity index (χ3n) is 2.40. The van der Waals surface area contributed by atoms with Gasteiger partial charge in [-0.3, -0.25) is 0 Å². The second-order valence-corrected chi connectivity index (χ2v) is 3.73. The molecule has 0 bridgehead atoms. The average molecular weight is 243 g/mol. The highest BCUT2D eigenvalue weighted by atomic mass is 16.5. The van der Waals surface area contributed by atoms with Gasteiger partial charge in [-0.1, -0.05) is 24.3 Å². The van der Waals surface area contributed by atoms with E-state index >= 15 is 0 Å². The van der Waals surface area contributed by atoms with E-state index in [0.717, 1.165) is 5.75 Å². The Morgan fingerprint density at radius 1 is 1.11 bits per heavy atom. The third-order valence-corrected chi connectivity index (χ3v) is 2.40. The first-order valence-electron chi connectivity index (χ1n) is 5.63.